The monoisotopic (exact) mass is 169 g/mol. The first-order chi connectivity index (χ1) is 5.83. The number of aromatic nitrogens is 1. The van der Waals surface area contributed by atoms with E-state index in [1.54, 1.807) is 12.1 Å². The second-order valence-corrected chi connectivity index (χ2v) is 1.83. The van der Waals surface area contributed by atoms with Crippen molar-refractivity contribution in [2.24, 2.45) is 0 Å². The summed E-state index contributed by atoms with van der Waals surface area (Å²) in [6, 6.07) is 3.17. The van der Waals surface area contributed by atoms with Crippen molar-refractivity contribution in [2.75, 3.05) is 12.2 Å². The molecule has 0 aliphatic carbocycles. The molecule has 1 aromatic rings. The lowest BCUT2D eigenvalue weighted by Crippen LogP contribution is -2.12. The SMILES string of the molecule is O=C(Nc1[c]nccc1)OCF. The molecule has 4 nitrogen and oxygen atoms in total. The number of hydrogen-bond donors (Lipinski definition) is 1. The van der Waals surface area contributed by atoms with Crippen LogP contribution in [-0.4, -0.2) is 17.9 Å². The molecule has 0 bridgehead atoms. The van der Waals surface area contributed by atoms with Gasteiger partial charge in [0.2, 0.25) is 6.86 Å². The Bertz CT molecular complexity index is 253. The van der Waals surface area contributed by atoms with Crippen LogP contribution in [-0.2, 0) is 4.74 Å². The number of carbonyl (C=O) groups excluding carboxylic acids is 1. The fourth-order valence-electron chi connectivity index (χ4n) is 0.592. The molecule has 0 atom stereocenters. The van der Waals surface area contributed by atoms with Crippen LogP contribution in [0.15, 0.2) is 18.3 Å². The molecule has 0 saturated heterocycles. The first-order valence-electron chi connectivity index (χ1n) is 3.15. The number of anilines is 1. The summed E-state index contributed by atoms with van der Waals surface area (Å²) in [5.74, 6) is 0. The molecule has 1 aromatic heterocycles. The number of pyridine rings is 1. The zero-order chi connectivity index (χ0) is 8.81. The lowest BCUT2D eigenvalue weighted by Gasteiger charge is -2.01. The van der Waals surface area contributed by atoms with Gasteiger partial charge in [-0.3, -0.25) is 10.3 Å². The van der Waals surface area contributed by atoms with E-state index in [0.717, 1.165) is 0 Å². The predicted molar refractivity (Wildman–Crippen MR) is 39.2 cm³/mol. The molecular weight excluding hydrogens is 163 g/mol. The summed E-state index contributed by atoms with van der Waals surface area (Å²) in [4.78, 5) is 14.2. The van der Waals surface area contributed by atoms with Gasteiger partial charge in [-0.25, -0.2) is 9.18 Å². The third kappa shape index (κ3) is 2.53. The molecular formula is C7H6FN2O2. The van der Waals surface area contributed by atoms with Gasteiger partial charge in [-0.05, 0) is 12.1 Å². The van der Waals surface area contributed by atoms with E-state index in [0.29, 0.717) is 5.69 Å². The average Bonchev–Trinajstić information content (AvgIpc) is 2.06. The zero-order valence-corrected chi connectivity index (χ0v) is 6.08. The van der Waals surface area contributed by atoms with E-state index in [2.05, 4.69) is 21.2 Å². The Balaban J connectivity index is 2.47. The molecule has 0 spiro atoms. The van der Waals surface area contributed by atoms with E-state index >= 15 is 0 Å². The zero-order valence-electron chi connectivity index (χ0n) is 6.08. The maximum absolute atomic E-state index is 11.4. The van der Waals surface area contributed by atoms with Crippen LogP contribution in [0.5, 0.6) is 0 Å². The Morgan fingerprint density at radius 2 is 2.67 bits per heavy atom. The van der Waals surface area contributed by atoms with Crippen LogP contribution >= 0.6 is 0 Å². The normalized spacial score (nSPS) is 9.08. The van der Waals surface area contributed by atoms with Crippen molar-refractivity contribution in [2.45, 2.75) is 0 Å². The van der Waals surface area contributed by atoms with Crippen LogP contribution in [0.2, 0.25) is 0 Å². The molecule has 0 unspecified atom stereocenters. The highest BCUT2D eigenvalue weighted by molar-refractivity contribution is 5.83. The largest absolute Gasteiger partial charge is 0.417 e. The third-order valence-electron chi connectivity index (χ3n) is 1.03. The van der Waals surface area contributed by atoms with Crippen molar-refractivity contribution in [1.29, 1.82) is 0 Å². The highest BCUT2D eigenvalue weighted by Gasteiger charge is 2.00. The number of carbonyl (C=O) groups is 1. The molecule has 12 heavy (non-hydrogen) atoms. The van der Waals surface area contributed by atoms with Crippen molar-refractivity contribution in [3.63, 3.8) is 0 Å². The van der Waals surface area contributed by atoms with Gasteiger partial charge < -0.3 is 4.74 Å². The Kier molecular flexibility index (Phi) is 3.01. The molecule has 5 heteroatoms. The first-order valence-corrected chi connectivity index (χ1v) is 3.15. The van der Waals surface area contributed by atoms with Crippen LogP contribution in [0.4, 0.5) is 14.9 Å². The standard InChI is InChI=1S/C7H6FN2O2/c8-5-12-7(11)10-6-2-1-3-9-4-6/h1-3H,5H2,(H,10,11). The maximum Gasteiger partial charge on any atom is 0.414 e. The van der Waals surface area contributed by atoms with E-state index < -0.39 is 13.0 Å². The highest BCUT2D eigenvalue weighted by atomic mass is 19.1. The Morgan fingerprint density at radius 1 is 1.83 bits per heavy atom. The number of hydrogen-bond acceptors (Lipinski definition) is 3. The number of amides is 1. The second-order valence-electron chi connectivity index (χ2n) is 1.83. The van der Waals surface area contributed by atoms with Crippen molar-refractivity contribution >= 4 is 11.8 Å². The number of nitrogens with zero attached hydrogens (tertiary/aromatic N) is 1. The average molecular weight is 169 g/mol. The summed E-state index contributed by atoms with van der Waals surface area (Å²) in [7, 11) is 0. The summed E-state index contributed by atoms with van der Waals surface area (Å²) in [5.41, 5.74) is 0.343. The second kappa shape index (κ2) is 4.27. The van der Waals surface area contributed by atoms with Gasteiger partial charge in [0, 0.05) is 6.20 Å². The van der Waals surface area contributed by atoms with Crippen LogP contribution in [0.1, 0.15) is 0 Å². The summed E-state index contributed by atoms with van der Waals surface area (Å²) in [6.45, 7) is -1.15. The third-order valence-corrected chi connectivity index (χ3v) is 1.03. The van der Waals surface area contributed by atoms with Crippen LogP contribution in [0, 0.1) is 6.20 Å². The molecule has 0 aliphatic rings. The molecule has 1 heterocycles. The van der Waals surface area contributed by atoms with Crippen LogP contribution < -0.4 is 5.32 Å². The summed E-state index contributed by atoms with van der Waals surface area (Å²) in [5, 5.41) is 2.22. The van der Waals surface area contributed by atoms with Crippen LogP contribution in [0.25, 0.3) is 0 Å². The minimum atomic E-state index is -1.15. The Morgan fingerprint density at radius 3 is 3.25 bits per heavy atom. The van der Waals surface area contributed by atoms with Gasteiger partial charge in [-0.2, -0.15) is 0 Å². The number of rotatable bonds is 2. The van der Waals surface area contributed by atoms with Gasteiger partial charge in [0.1, 0.15) is 6.20 Å². The summed E-state index contributed by atoms with van der Waals surface area (Å²) >= 11 is 0. The summed E-state index contributed by atoms with van der Waals surface area (Å²) in [6.07, 6.45) is 3.12. The topological polar surface area (TPSA) is 51.2 Å². The lowest BCUT2D eigenvalue weighted by molar-refractivity contribution is 0.111. The Hall–Kier alpha value is -1.65. The van der Waals surface area contributed by atoms with E-state index in [1.165, 1.54) is 6.20 Å². The number of halogens is 1. The van der Waals surface area contributed by atoms with E-state index in [1.807, 2.05) is 0 Å². The molecule has 1 radical (unpaired) electrons. The molecule has 1 amide bonds. The number of ether oxygens (including phenoxy) is 1. The minimum absolute atomic E-state index is 0.343. The van der Waals surface area contributed by atoms with Crippen molar-refractivity contribution in [1.82, 2.24) is 4.98 Å². The minimum Gasteiger partial charge on any atom is -0.417 e. The number of alkyl halides is 1. The molecule has 0 fully saturated rings. The van der Waals surface area contributed by atoms with Gasteiger partial charge in [-0.15, -0.1) is 0 Å². The van der Waals surface area contributed by atoms with Gasteiger partial charge in [-0.1, -0.05) is 0 Å². The van der Waals surface area contributed by atoms with Crippen molar-refractivity contribution < 1.29 is 13.9 Å². The van der Waals surface area contributed by atoms with Crippen LogP contribution in [0.3, 0.4) is 0 Å². The van der Waals surface area contributed by atoms with Crippen molar-refractivity contribution in [3.8, 4) is 0 Å². The fraction of sp³-hybridized carbons (Fsp3) is 0.143. The van der Waals surface area contributed by atoms with Gasteiger partial charge >= 0.3 is 6.09 Å². The molecule has 0 aliphatic heterocycles. The number of nitrogens with one attached hydrogen (secondary N) is 1. The molecule has 0 aromatic carbocycles. The maximum atomic E-state index is 11.4. The van der Waals surface area contributed by atoms with Gasteiger partial charge in [0.05, 0.1) is 5.69 Å². The van der Waals surface area contributed by atoms with E-state index in [-0.39, 0.29) is 0 Å². The molecule has 63 valence electrons. The highest BCUT2D eigenvalue weighted by Crippen LogP contribution is 2.01. The Labute approximate surface area is 68.4 Å². The first kappa shape index (κ1) is 8.45. The molecule has 1 N–H and O–H groups in total. The van der Waals surface area contributed by atoms with Gasteiger partial charge in [0.15, 0.2) is 0 Å². The smallest absolute Gasteiger partial charge is 0.414 e. The lowest BCUT2D eigenvalue weighted by atomic mass is 10.4. The molecule has 0 saturated carbocycles. The predicted octanol–water partition coefficient (Wildman–Crippen LogP) is 1.36. The van der Waals surface area contributed by atoms with Crippen molar-refractivity contribution in [3.05, 3.63) is 24.5 Å². The summed E-state index contributed by atoms with van der Waals surface area (Å²) < 4.78 is 15.4. The van der Waals surface area contributed by atoms with E-state index in [4.69, 9.17) is 0 Å². The quantitative estimate of drug-likeness (QED) is 0.727. The fourth-order valence-corrected chi connectivity index (χ4v) is 0.592. The van der Waals surface area contributed by atoms with E-state index in [9.17, 15) is 9.18 Å². The van der Waals surface area contributed by atoms with Gasteiger partial charge in [0.25, 0.3) is 0 Å². The molecule has 1 rings (SSSR count).